The van der Waals surface area contributed by atoms with Crippen LogP contribution in [-0.2, 0) is 12.8 Å². The van der Waals surface area contributed by atoms with E-state index in [1.54, 1.807) is 0 Å². The average molecular weight is 1090 g/mol. The molecular formula is C77H138N2. The maximum absolute atomic E-state index is 5.51. The summed E-state index contributed by atoms with van der Waals surface area (Å²) in [5.41, 5.74) is 7.63. The molecule has 0 bridgehead atoms. The molecule has 0 fully saturated rings. The SMILES string of the molecule is CCCCCCCCCCCCCCCCCCCCCCCCCc1cccc(N=C(CCCCC)C(CCCCCCCC)=Nc2cccc(CCCCCCCCCCCCCCCCCCCCCCCCC)c2)c1. The van der Waals surface area contributed by atoms with E-state index in [1.807, 2.05) is 0 Å². The summed E-state index contributed by atoms with van der Waals surface area (Å²) in [6.07, 6.45) is 82.1. The molecule has 0 unspecified atom stereocenters. The highest BCUT2D eigenvalue weighted by molar-refractivity contribution is 6.43. The molecular weight excluding hydrogens is 953 g/mol. The lowest BCUT2D eigenvalue weighted by Gasteiger charge is -2.13. The summed E-state index contributed by atoms with van der Waals surface area (Å²) in [5.74, 6) is 0. The van der Waals surface area contributed by atoms with Gasteiger partial charge in [0.25, 0.3) is 0 Å². The lowest BCUT2D eigenvalue weighted by molar-refractivity contribution is 0.518. The van der Waals surface area contributed by atoms with Crippen molar-refractivity contribution in [3.05, 3.63) is 59.7 Å². The summed E-state index contributed by atoms with van der Waals surface area (Å²) >= 11 is 0. The van der Waals surface area contributed by atoms with Gasteiger partial charge in [-0.2, -0.15) is 0 Å². The monoisotopic (exact) mass is 1090 g/mol. The van der Waals surface area contributed by atoms with Gasteiger partial charge in [-0.15, -0.1) is 0 Å². The molecule has 2 nitrogen and oxygen atoms in total. The smallest absolute Gasteiger partial charge is 0.0636 e. The van der Waals surface area contributed by atoms with Crippen molar-refractivity contribution < 1.29 is 0 Å². The van der Waals surface area contributed by atoms with E-state index < -0.39 is 0 Å². The normalized spacial score (nSPS) is 12.2. The van der Waals surface area contributed by atoms with Gasteiger partial charge in [-0.3, -0.25) is 9.98 Å². The van der Waals surface area contributed by atoms with Gasteiger partial charge in [0.1, 0.15) is 0 Å². The number of hydrogen-bond acceptors (Lipinski definition) is 2. The first kappa shape index (κ1) is 72.9. The maximum Gasteiger partial charge on any atom is 0.0636 e. The Morgan fingerprint density at radius 3 is 0.658 bits per heavy atom. The molecule has 2 heteroatoms. The lowest BCUT2D eigenvalue weighted by Crippen LogP contribution is -2.14. The van der Waals surface area contributed by atoms with Gasteiger partial charge in [0.15, 0.2) is 0 Å². The van der Waals surface area contributed by atoms with Crippen molar-refractivity contribution in [1.82, 2.24) is 0 Å². The molecule has 0 spiro atoms. The number of aliphatic imine (C=N–C) groups is 2. The van der Waals surface area contributed by atoms with E-state index in [-0.39, 0.29) is 0 Å². The number of unbranched alkanes of at least 4 members (excludes halogenated alkanes) is 51. The zero-order chi connectivity index (χ0) is 56.3. The highest BCUT2D eigenvalue weighted by atomic mass is 14.8. The van der Waals surface area contributed by atoms with Crippen LogP contribution in [0, 0.1) is 0 Å². The summed E-state index contributed by atoms with van der Waals surface area (Å²) < 4.78 is 0. The Morgan fingerprint density at radius 2 is 0.418 bits per heavy atom. The van der Waals surface area contributed by atoms with Crippen LogP contribution in [0.5, 0.6) is 0 Å². The number of benzene rings is 2. The van der Waals surface area contributed by atoms with Crippen molar-refractivity contribution in [2.75, 3.05) is 0 Å². The molecule has 0 saturated carbocycles. The second-order valence-electron chi connectivity index (χ2n) is 25.5. The van der Waals surface area contributed by atoms with Gasteiger partial charge in [0.05, 0.1) is 22.8 Å². The van der Waals surface area contributed by atoms with Gasteiger partial charge in [-0.1, -0.05) is 379 Å². The summed E-state index contributed by atoms with van der Waals surface area (Å²) in [6, 6.07) is 18.5. The minimum absolute atomic E-state index is 1.02. The molecule has 0 radical (unpaired) electrons. The van der Waals surface area contributed by atoms with Gasteiger partial charge in [0, 0.05) is 0 Å². The van der Waals surface area contributed by atoms with Gasteiger partial charge < -0.3 is 0 Å². The van der Waals surface area contributed by atoms with Crippen molar-refractivity contribution in [1.29, 1.82) is 0 Å². The summed E-state index contributed by atoms with van der Waals surface area (Å²) in [5, 5.41) is 0. The Labute approximate surface area is 496 Å². The summed E-state index contributed by atoms with van der Waals surface area (Å²) in [4.78, 5) is 11.0. The molecule has 0 aromatic heterocycles. The Morgan fingerprint density at radius 1 is 0.228 bits per heavy atom. The minimum atomic E-state index is 1.02. The second kappa shape index (κ2) is 59.0. The topological polar surface area (TPSA) is 24.7 Å². The van der Waals surface area contributed by atoms with Gasteiger partial charge in [-0.05, 0) is 86.8 Å². The van der Waals surface area contributed by atoms with E-state index in [4.69, 9.17) is 9.98 Å². The number of nitrogens with zero attached hydrogens (tertiary/aromatic N) is 2. The molecule has 0 atom stereocenters. The molecule has 0 aliphatic heterocycles. The van der Waals surface area contributed by atoms with Gasteiger partial charge in [0.2, 0.25) is 0 Å². The van der Waals surface area contributed by atoms with Crippen molar-refractivity contribution in [3.8, 4) is 0 Å². The predicted octanol–water partition coefficient (Wildman–Crippen LogP) is 27.9. The zero-order valence-corrected chi connectivity index (χ0v) is 54.2. The lowest BCUT2D eigenvalue weighted by atomic mass is 10.00. The molecule has 0 N–H and O–H groups in total. The minimum Gasteiger partial charge on any atom is -0.252 e. The molecule has 0 heterocycles. The van der Waals surface area contributed by atoms with Crippen LogP contribution in [0.25, 0.3) is 0 Å². The predicted molar refractivity (Wildman–Crippen MR) is 360 cm³/mol. The van der Waals surface area contributed by atoms with E-state index in [0.29, 0.717) is 0 Å². The molecule has 2 rings (SSSR count). The molecule has 0 amide bonds. The van der Waals surface area contributed by atoms with Crippen LogP contribution >= 0.6 is 0 Å². The second-order valence-corrected chi connectivity index (χ2v) is 25.5. The number of hydrogen-bond donors (Lipinski definition) is 0. The van der Waals surface area contributed by atoms with Crippen LogP contribution in [0.1, 0.15) is 405 Å². The highest BCUT2D eigenvalue weighted by Gasteiger charge is 2.12. The van der Waals surface area contributed by atoms with E-state index in [9.17, 15) is 0 Å². The number of aryl methyl sites for hydroxylation is 2. The van der Waals surface area contributed by atoms with Crippen molar-refractivity contribution in [2.24, 2.45) is 9.98 Å². The van der Waals surface area contributed by atoms with Crippen LogP contribution in [0.3, 0.4) is 0 Å². The molecule has 0 aliphatic carbocycles. The first-order valence-corrected chi connectivity index (χ1v) is 36.5. The highest BCUT2D eigenvalue weighted by Crippen LogP contribution is 2.25. The summed E-state index contributed by atoms with van der Waals surface area (Å²) in [6.45, 7) is 9.27. The van der Waals surface area contributed by atoms with Crippen LogP contribution in [0.4, 0.5) is 11.4 Å². The Bertz CT molecular complexity index is 1600. The third-order valence-electron chi connectivity index (χ3n) is 17.6. The third-order valence-corrected chi connectivity index (χ3v) is 17.6. The number of rotatable bonds is 62. The van der Waals surface area contributed by atoms with Crippen molar-refractivity contribution in [2.45, 2.75) is 407 Å². The van der Waals surface area contributed by atoms with Crippen molar-refractivity contribution in [3.63, 3.8) is 0 Å². The standard InChI is InChI=1S/C77H138N2/c1-5-9-13-16-19-21-23-25-27-29-31-33-35-37-39-41-43-45-47-49-51-53-57-62-72-64-60-66-74(70-72)78-76(68-56-12-8-4)77(69-59-55-18-15-11-7-3)79-75-67-61-65-73(71-75)63-58-54-52-50-48-46-44-42-40-38-36-34-32-30-28-26-24-22-20-17-14-10-6-2/h60-61,64-67,70-71H,5-59,62-63,68-69H2,1-4H3. The van der Waals surface area contributed by atoms with Crippen LogP contribution in [0.2, 0.25) is 0 Å². The summed E-state index contributed by atoms with van der Waals surface area (Å²) in [7, 11) is 0. The fourth-order valence-corrected chi connectivity index (χ4v) is 12.2. The Hall–Kier alpha value is -2.22. The van der Waals surface area contributed by atoms with E-state index in [0.717, 1.165) is 24.2 Å². The van der Waals surface area contributed by atoms with Gasteiger partial charge >= 0.3 is 0 Å². The first-order valence-electron chi connectivity index (χ1n) is 36.5. The van der Waals surface area contributed by atoms with Crippen LogP contribution in [0.15, 0.2) is 58.5 Å². The third kappa shape index (κ3) is 47.9. The molecule has 2 aromatic rings. The molecule has 0 aliphatic rings. The maximum atomic E-state index is 5.51. The molecule has 0 saturated heterocycles. The largest absolute Gasteiger partial charge is 0.252 e. The molecule has 2 aromatic carbocycles. The van der Waals surface area contributed by atoms with Gasteiger partial charge in [-0.25, -0.2) is 0 Å². The quantitative estimate of drug-likeness (QED) is 0.0466. The Balaban J connectivity index is 1.71. The average Bonchev–Trinajstić information content (AvgIpc) is 3.47. The Kier molecular flexibility index (Phi) is 54.4. The molecule has 79 heavy (non-hydrogen) atoms. The fourth-order valence-electron chi connectivity index (χ4n) is 12.2. The van der Waals surface area contributed by atoms with Crippen LogP contribution < -0.4 is 0 Å². The fraction of sp³-hybridized carbons (Fsp3) is 0.818. The first-order chi connectivity index (χ1) is 39.2. The van der Waals surface area contributed by atoms with Crippen LogP contribution in [-0.4, -0.2) is 11.4 Å². The van der Waals surface area contributed by atoms with E-state index >= 15 is 0 Å². The van der Waals surface area contributed by atoms with E-state index in [1.165, 1.54) is 389 Å². The molecule has 456 valence electrons. The van der Waals surface area contributed by atoms with E-state index in [2.05, 4.69) is 76.2 Å². The zero-order valence-electron chi connectivity index (χ0n) is 54.2. The van der Waals surface area contributed by atoms with Crippen molar-refractivity contribution >= 4 is 22.8 Å².